The van der Waals surface area contributed by atoms with E-state index >= 15 is 0 Å². The van der Waals surface area contributed by atoms with Crippen LogP contribution in [-0.2, 0) is 10.2 Å². The first kappa shape index (κ1) is 15.1. The van der Waals surface area contributed by atoms with Crippen molar-refractivity contribution in [2.75, 3.05) is 26.4 Å². The second kappa shape index (κ2) is 7.46. The average molecular weight is 255 g/mol. The molecule has 0 aromatic heterocycles. The van der Waals surface area contributed by atoms with Crippen molar-refractivity contribution < 1.29 is 14.2 Å². The van der Waals surface area contributed by atoms with Gasteiger partial charge in [0.1, 0.15) is 5.82 Å². The minimum atomic E-state index is -0.570. The van der Waals surface area contributed by atoms with Crippen LogP contribution < -0.4 is 5.73 Å². The average Bonchev–Trinajstić information content (AvgIpc) is 2.40. The molecule has 0 aliphatic carbocycles. The van der Waals surface area contributed by atoms with Gasteiger partial charge in [0.25, 0.3) is 0 Å². The first-order valence-corrected chi connectivity index (χ1v) is 6.33. The highest BCUT2D eigenvalue weighted by Gasteiger charge is 2.29. The molecule has 4 heteroatoms. The van der Waals surface area contributed by atoms with Crippen LogP contribution in [0.1, 0.15) is 25.3 Å². The molecule has 1 rings (SSSR count). The maximum atomic E-state index is 13.3. The molecule has 0 radical (unpaired) electrons. The topological polar surface area (TPSA) is 55.5 Å². The number of rotatable bonds is 8. The number of aliphatic hydroxyl groups excluding tert-OH is 1. The third-order valence-electron chi connectivity index (χ3n) is 3.28. The van der Waals surface area contributed by atoms with Crippen LogP contribution in [0.3, 0.4) is 0 Å². The van der Waals surface area contributed by atoms with Gasteiger partial charge in [-0.25, -0.2) is 4.39 Å². The molecule has 18 heavy (non-hydrogen) atoms. The molecule has 0 amide bonds. The predicted molar refractivity (Wildman–Crippen MR) is 69.9 cm³/mol. The molecule has 0 heterocycles. The molecule has 3 N–H and O–H groups in total. The second-order valence-electron chi connectivity index (χ2n) is 4.45. The van der Waals surface area contributed by atoms with E-state index < -0.39 is 5.41 Å². The maximum absolute atomic E-state index is 13.3. The Bertz CT molecular complexity index is 353. The van der Waals surface area contributed by atoms with E-state index in [1.54, 1.807) is 6.07 Å². The molecule has 0 aliphatic heterocycles. The molecule has 1 aromatic carbocycles. The van der Waals surface area contributed by atoms with Crippen molar-refractivity contribution in [3.8, 4) is 0 Å². The molecule has 1 atom stereocenters. The zero-order chi connectivity index (χ0) is 13.4. The molecule has 0 aliphatic rings. The minimum Gasteiger partial charge on any atom is -0.395 e. The summed E-state index contributed by atoms with van der Waals surface area (Å²) in [5, 5.41) is 9.63. The SMILES string of the molecule is CCOCCCC(CN)(CO)c1cccc(F)c1. The van der Waals surface area contributed by atoms with Gasteiger partial charge in [-0.1, -0.05) is 12.1 Å². The lowest BCUT2D eigenvalue weighted by Crippen LogP contribution is -2.39. The zero-order valence-electron chi connectivity index (χ0n) is 10.9. The Labute approximate surface area is 108 Å². The van der Waals surface area contributed by atoms with Crippen LogP contribution in [0.5, 0.6) is 0 Å². The van der Waals surface area contributed by atoms with Gasteiger partial charge in [0.05, 0.1) is 6.61 Å². The van der Waals surface area contributed by atoms with E-state index in [9.17, 15) is 9.50 Å². The number of benzene rings is 1. The second-order valence-corrected chi connectivity index (χ2v) is 4.45. The quantitative estimate of drug-likeness (QED) is 0.697. The van der Waals surface area contributed by atoms with Crippen molar-refractivity contribution in [1.82, 2.24) is 0 Å². The van der Waals surface area contributed by atoms with Crippen LogP contribution in [0.15, 0.2) is 24.3 Å². The molecule has 0 saturated heterocycles. The number of hydrogen-bond donors (Lipinski definition) is 2. The summed E-state index contributed by atoms with van der Waals surface area (Å²) in [5.41, 5.74) is 5.98. The van der Waals surface area contributed by atoms with Gasteiger partial charge >= 0.3 is 0 Å². The summed E-state index contributed by atoms with van der Waals surface area (Å²) < 4.78 is 18.5. The third kappa shape index (κ3) is 3.77. The minimum absolute atomic E-state index is 0.0842. The van der Waals surface area contributed by atoms with E-state index in [1.165, 1.54) is 12.1 Å². The lowest BCUT2D eigenvalue weighted by molar-refractivity contribution is 0.125. The summed E-state index contributed by atoms with van der Waals surface area (Å²) in [6.45, 7) is 3.45. The lowest BCUT2D eigenvalue weighted by atomic mass is 9.77. The van der Waals surface area contributed by atoms with Crippen molar-refractivity contribution in [3.05, 3.63) is 35.6 Å². The molecular formula is C14H22FNO2. The van der Waals surface area contributed by atoms with Crippen LogP contribution in [0, 0.1) is 5.82 Å². The molecule has 102 valence electrons. The molecule has 0 saturated carbocycles. The standard InChI is InChI=1S/C14H22FNO2/c1-2-18-8-4-7-14(10-16,11-17)12-5-3-6-13(15)9-12/h3,5-6,9,17H,2,4,7-8,10-11,16H2,1H3. The van der Waals surface area contributed by atoms with Gasteiger partial charge < -0.3 is 15.6 Å². The lowest BCUT2D eigenvalue weighted by Gasteiger charge is -2.31. The van der Waals surface area contributed by atoms with E-state index in [4.69, 9.17) is 10.5 Å². The molecular weight excluding hydrogens is 233 g/mol. The maximum Gasteiger partial charge on any atom is 0.123 e. The van der Waals surface area contributed by atoms with Crippen LogP contribution in [0.2, 0.25) is 0 Å². The summed E-state index contributed by atoms with van der Waals surface area (Å²) in [5.74, 6) is -0.302. The summed E-state index contributed by atoms with van der Waals surface area (Å²) in [4.78, 5) is 0. The van der Waals surface area contributed by atoms with Crippen molar-refractivity contribution >= 4 is 0 Å². The molecule has 1 aromatic rings. The first-order valence-electron chi connectivity index (χ1n) is 6.33. The predicted octanol–water partition coefficient (Wildman–Crippen LogP) is 1.83. The Morgan fingerprint density at radius 1 is 1.44 bits per heavy atom. The Kier molecular flexibility index (Phi) is 6.25. The van der Waals surface area contributed by atoms with Gasteiger partial charge in [0.15, 0.2) is 0 Å². The van der Waals surface area contributed by atoms with Crippen molar-refractivity contribution in [2.24, 2.45) is 5.73 Å². The molecule has 0 bridgehead atoms. The number of nitrogens with two attached hydrogens (primary N) is 1. The van der Waals surface area contributed by atoms with E-state index in [0.29, 0.717) is 26.2 Å². The molecule has 1 unspecified atom stereocenters. The number of hydrogen-bond acceptors (Lipinski definition) is 3. The highest BCUT2D eigenvalue weighted by Crippen LogP contribution is 2.28. The Hall–Kier alpha value is -0.970. The Balaban J connectivity index is 2.79. The fourth-order valence-electron chi connectivity index (χ4n) is 2.07. The highest BCUT2D eigenvalue weighted by atomic mass is 19.1. The Morgan fingerprint density at radius 2 is 2.22 bits per heavy atom. The summed E-state index contributed by atoms with van der Waals surface area (Å²) in [6.07, 6.45) is 1.48. The largest absolute Gasteiger partial charge is 0.395 e. The van der Waals surface area contributed by atoms with Crippen LogP contribution in [0.4, 0.5) is 4.39 Å². The number of halogens is 1. The Morgan fingerprint density at radius 3 is 2.78 bits per heavy atom. The van der Waals surface area contributed by atoms with Crippen molar-refractivity contribution in [2.45, 2.75) is 25.2 Å². The third-order valence-corrected chi connectivity index (χ3v) is 3.28. The van der Waals surface area contributed by atoms with E-state index in [1.807, 2.05) is 13.0 Å². The fourth-order valence-corrected chi connectivity index (χ4v) is 2.07. The van der Waals surface area contributed by atoms with Gasteiger partial charge in [-0.05, 0) is 37.5 Å². The number of ether oxygens (including phenoxy) is 1. The highest BCUT2D eigenvalue weighted by molar-refractivity contribution is 5.27. The summed E-state index contributed by atoms with van der Waals surface area (Å²) in [6, 6.07) is 6.30. The monoisotopic (exact) mass is 255 g/mol. The molecule has 3 nitrogen and oxygen atoms in total. The number of aliphatic hydroxyl groups is 1. The van der Waals surface area contributed by atoms with Crippen molar-refractivity contribution in [1.29, 1.82) is 0 Å². The summed E-state index contributed by atoms with van der Waals surface area (Å²) >= 11 is 0. The van der Waals surface area contributed by atoms with E-state index in [-0.39, 0.29) is 12.4 Å². The normalized spacial score (nSPS) is 14.4. The van der Waals surface area contributed by atoms with Crippen LogP contribution in [-0.4, -0.2) is 31.5 Å². The van der Waals surface area contributed by atoms with Gasteiger partial charge in [-0.15, -0.1) is 0 Å². The smallest absolute Gasteiger partial charge is 0.123 e. The van der Waals surface area contributed by atoms with E-state index in [0.717, 1.165) is 12.0 Å². The van der Waals surface area contributed by atoms with Crippen LogP contribution >= 0.6 is 0 Å². The molecule has 0 spiro atoms. The van der Waals surface area contributed by atoms with Crippen LogP contribution in [0.25, 0.3) is 0 Å². The van der Waals surface area contributed by atoms with Gasteiger partial charge in [-0.3, -0.25) is 0 Å². The zero-order valence-corrected chi connectivity index (χ0v) is 10.9. The fraction of sp³-hybridized carbons (Fsp3) is 0.571. The first-order chi connectivity index (χ1) is 8.68. The summed E-state index contributed by atoms with van der Waals surface area (Å²) in [7, 11) is 0. The van der Waals surface area contributed by atoms with Gasteiger partial charge in [0.2, 0.25) is 0 Å². The van der Waals surface area contributed by atoms with E-state index in [2.05, 4.69) is 0 Å². The van der Waals surface area contributed by atoms with Crippen molar-refractivity contribution in [3.63, 3.8) is 0 Å². The van der Waals surface area contributed by atoms with Gasteiger partial charge in [-0.2, -0.15) is 0 Å². The molecule has 0 fully saturated rings. The van der Waals surface area contributed by atoms with Gasteiger partial charge in [0, 0.05) is 25.2 Å².